The zero-order valence-corrected chi connectivity index (χ0v) is 8.67. The van der Waals surface area contributed by atoms with E-state index >= 15 is 0 Å². The highest BCUT2D eigenvalue weighted by atomic mass is 32.1. The van der Waals surface area contributed by atoms with Gasteiger partial charge in [0.05, 0.1) is 5.92 Å². The molecular weight excluding hydrogens is 198 g/mol. The number of rotatable bonds is 3. The summed E-state index contributed by atoms with van der Waals surface area (Å²) in [7, 11) is 0. The van der Waals surface area contributed by atoms with E-state index in [9.17, 15) is 4.79 Å². The molecule has 1 unspecified atom stereocenters. The lowest BCUT2D eigenvalue weighted by Crippen LogP contribution is -2.22. The Bertz CT molecular complexity index is 310. The minimum absolute atomic E-state index is 0.157. The average molecular weight is 211 g/mol. The Labute approximate surface area is 87.0 Å². The second kappa shape index (κ2) is 4.11. The van der Waals surface area contributed by atoms with Gasteiger partial charge in [-0.1, -0.05) is 6.07 Å². The maximum Gasteiger partial charge on any atom is 0.307 e. The second-order valence-corrected chi connectivity index (χ2v) is 4.67. The standard InChI is InChI=1S/C10H13NO2S/c12-10(13)8-3-4-11(6-8)7-9-2-1-5-14-9/h1-2,5,8H,3-4,6-7H2,(H,12,13). The quantitative estimate of drug-likeness (QED) is 0.826. The van der Waals surface area contributed by atoms with Crippen LogP contribution in [0.1, 0.15) is 11.3 Å². The SMILES string of the molecule is O=C(O)C1CCN(Cc2cccs2)C1. The topological polar surface area (TPSA) is 40.5 Å². The fourth-order valence-corrected chi connectivity index (χ4v) is 2.55. The summed E-state index contributed by atoms with van der Waals surface area (Å²) in [6.45, 7) is 2.52. The number of thiophene rings is 1. The van der Waals surface area contributed by atoms with Gasteiger partial charge in [0, 0.05) is 18.0 Å². The molecule has 1 atom stereocenters. The van der Waals surface area contributed by atoms with Gasteiger partial charge in [0.25, 0.3) is 0 Å². The lowest BCUT2D eigenvalue weighted by molar-refractivity contribution is -0.141. The number of carboxylic acid groups (broad SMARTS) is 1. The zero-order chi connectivity index (χ0) is 9.97. The minimum Gasteiger partial charge on any atom is -0.481 e. The molecule has 1 aliphatic heterocycles. The van der Waals surface area contributed by atoms with E-state index in [1.807, 2.05) is 6.07 Å². The van der Waals surface area contributed by atoms with Crippen molar-refractivity contribution < 1.29 is 9.90 Å². The Morgan fingerprint density at radius 3 is 3.14 bits per heavy atom. The highest BCUT2D eigenvalue weighted by Gasteiger charge is 2.27. The number of carboxylic acids is 1. The summed E-state index contributed by atoms with van der Waals surface area (Å²) in [5, 5.41) is 10.9. The van der Waals surface area contributed by atoms with Gasteiger partial charge < -0.3 is 5.11 Å². The molecule has 0 bridgehead atoms. The van der Waals surface area contributed by atoms with Crippen molar-refractivity contribution in [2.24, 2.45) is 5.92 Å². The van der Waals surface area contributed by atoms with Crippen LogP contribution < -0.4 is 0 Å². The predicted molar refractivity (Wildman–Crippen MR) is 55.3 cm³/mol. The molecule has 4 heteroatoms. The predicted octanol–water partition coefficient (Wildman–Crippen LogP) is 1.65. The van der Waals surface area contributed by atoms with E-state index in [-0.39, 0.29) is 5.92 Å². The third-order valence-electron chi connectivity index (χ3n) is 2.58. The Morgan fingerprint density at radius 2 is 2.57 bits per heavy atom. The molecule has 14 heavy (non-hydrogen) atoms. The zero-order valence-electron chi connectivity index (χ0n) is 7.85. The first-order valence-corrected chi connectivity index (χ1v) is 5.61. The number of hydrogen-bond acceptors (Lipinski definition) is 3. The van der Waals surface area contributed by atoms with Gasteiger partial charge in [-0.25, -0.2) is 0 Å². The van der Waals surface area contributed by atoms with Crippen LogP contribution in [0, 0.1) is 5.92 Å². The van der Waals surface area contributed by atoms with Gasteiger partial charge in [-0.15, -0.1) is 11.3 Å². The van der Waals surface area contributed by atoms with Crippen LogP contribution in [0.5, 0.6) is 0 Å². The van der Waals surface area contributed by atoms with Gasteiger partial charge in [-0.2, -0.15) is 0 Å². The number of nitrogens with zero attached hydrogens (tertiary/aromatic N) is 1. The van der Waals surface area contributed by atoms with Crippen LogP contribution in [0.4, 0.5) is 0 Å². The largest absolute Gasteiger partial charge is 0.481 e. The van der Waals surface area contributed by atoms with Crippen molar-refractivity contribution in [3.63, 3.8) is 0 Å². The molecule has 1 fully saturated rings. The molecular formula is C10H13NO2S. The molecule has 76 valence electrons. The van der Waals surface area contributed by atoms with Crippen molar-refractivity contribution in [3.8, 4) is 0 Å². The lowest BCUT2D eigenvalue weighted by atomic mass is 10.1. The van der Waals surface area contributed by atoms with Crippen LogP contribution in [0.3, 0.4) is 0 Å². The molecule has 0 aliphatic carbocycles. The second-order valence-electron chi connectivity index (χ2n) is 3.64. The molecule has 1 saturated heterocycles. The van der Waals surface area contributed by atoms with Crippen molar-refractivity contribution in [1.29, 1.82) is 0 Å². The molecule has 0 saturated carbocycles. The molecule has 2 heterocycles. The first-order valence-electron chi connectivity index (χ1n) is 4.73. The Hall–Kier alpha value is -0.870. The van der Waals surface area contributed by atoms with Crippen molar-refractivity contribution in [2.45, 2.75) is 13.0 Å². The first kappa shape index (κ1) is 9.68. The maximum absolute atomic E-state index is 10.7. The van der Waals surface area contributed by atoms with Gasteiger partial charge in [-0.3, -0.25) is 9.69 Å². The summed E-state index contributed by atoms with van der Waals surface area (Å²) >= 11 is 1.73. The summed E-state index contributed by atoms with van der Waals surface area (Å²) in [6.07, 6.45) is 0.792. The molecule has 1 aromatic rings. The lowest BCUT2D eigenvalue weighted by Gasteiger charge is -2.13. The van der Waals surface area contributed by atoms with Crippen LogP contribution in [-0.4, -0.2) is 29.1 Å². The van der Waals surface area contributed by atoms with Crippen LogP contribution in [-0.2, 0) is 11.3 Å². The molecule has 3 nitrogen and oxygen atoms in total. The van der Waals surface area contributed by atoms with Gasteiger partial charge >= 0.3 is 5.97 Å². The molecule has 0 aromatic carbocycles. The molecule has 1 aliphatic rings. The van der Waals surface area contributed by atoms with E-state index < -0.39 is 5.97 Å². The van der Waals surface area contributed by atoms with Crippen molar-refractivity contribution >= 4 is 17.3 Å². The highest BCUT2D eigenvalue weighted by Crippen LogP contribution is 2.20. The summed E-state index contributed by atoms with van der Waals surface area (Å²) in [5.41, 5.74) is 0. The smallest absolute Gasteiger partial charge is 0.307 e. The van der Waals surface area contributed by atoms with Crippen LogP contribution in [0.15, 0.2) is 17.5 Å². The number of hydrogen-bond donors (Lipinski definition) is 1. The van der Waals surface area contributed by atoms with E-state index in [1.54, 1.807) is 11.3 Å². The molecule has 0 amide bonds. The third kappa shape index (κ3) is 2.13. The highest BCUT2D eigenvalue weighted by molar-refractivity contribution is 7.09. The number of aliphatic carboxylic acids is 1. The normalized spacial score (nSPS) is 22.7. The van der Waals surface area contributed by atoms with E-state index in [1.165, 1.54) is 4.88 Å². The molecule has 1 aromatic heterocycles. The van der Waals surface area contributed by atoms with Gasteiger partial charge in [-0.05, 0) is 24.4 Å². The van der Waals surface area contributed by atoms with Crippen molar-refractivity contribution in [3.05, 3.63) is 22.4 Å². The summed E-state index contributed by atoms with van der Waals surface area (Å²) in [6, 6.07) is 4.13. The monoisotopic (exact) mass is 211 g/mol. The number of likely N-dealkylation sites (tertiary alicyclic amines) is 1. The number of carbonyl (C=O) groups is 1. The molecule has 1 N–H and O–H groups in total. The van der Waals surface area contributed by atoms with Crippen molar-refractivity contribution in [1.82, 2.24) is 4.90 Å². The average Bonchev–Trinajstić information content (AvgIpc) is 2.75. The molecule has 0 spiro atoms. The summed E-state index contributed by atoms with van der Waals surface area (Å²) in [4.78, 5) is 14.3. The third-order valence-corrected chi connectivity index (χ3v) is 3.44. The van der Waals surface area contributed by atoms with Crippen molar-refractivity contribution in [2.75, 3.05) is 13.1 Å². The Balaban J connectivity index is 1.87. The van der Waals surface area contributed by atoms with E-state index in [2.05, 4.69) is 16.3 Å². The van der Waals surface area contributed by atoms with E-state index in [0.29, 0.717) is 6.54 Å². The first-order chi connectivity index (χ1) is 6.75. The van der Waals surface area contributed by atoms with Crippen LogP contribution >= 0.6 is 11.3 Å². The van der Waals surface area contributed by atoms with Crippen LogP contribution in [0.2, 0.25) is 0 Å². The summed E-state index contributed by atoms with van der Waals surface area (Å²) in [5.74, 6) is -0.811. The Kier molecular flexibility index (Phi) is 2.84. The maximum atomic E-state index is 10.7. The van der Waals surface area contributed by atoms with Gasteiger partial charge in [0.15, 0.2) is 0 Å². The molecule has 0 radical (unpaired) electrons. The van der Waals surface area contributed by atoms with Gasteiger partial charge in [0.1, 0.15) is 0 Å². The summed E-state index contributed by atoms with van der Waals surface area (Å²) < 4.78 is 0. The Morgan fingerprint density at radius 1 is 1.71 bits per heavy atom. The fourth-order valence-electron chi connectivity index (χ4n) is 1.80. The van der Waals surface area contributed by atoms with Gasteiger partial charge in [0.2, 0.25) is 0 Å². The van der Waals surface area contributed by atoms with E-state index in [0.717, 1.165) is 19.5 Å². The van der Waals surface area contributed by atoms with E-state index in [4.69, 9.17) is 5.11 Å². The minimum atomic E-state index is -0.654. The molecule has 2 rings (SSSR count). The van der Waals surface area contributed by atoms with Crippen LogP contribution in [0.25, 0.3) is 0 Å². The fraction of sp³-hybridized carbons (Fsp3) is 0.500.